The van der Waals surface area contributed by atoms with Crippen molar-refractivity contribution in [2.75, 3.05) is 38.1 Å². The summed E-state index contributed by atoms with van der Waals surface area (Å²) in [5.74, 6) is 0.444. The quantitative estimate of drug-likeness (QED) is 0.677. The van der Waals surface area contributed by atoms with Crippen molar-refractivity contribution in [1.29, 1.82) is 0 Å². The molecule has 0 atom stereocenters. The fourth-order valence-corrected chi connectivity index (χ4v) is 2.44. The summed E-state index contributed by atoms with van der Waals surface area (Å²) in [6.07, 6.45) is 1.61. The molecule has 1 aromatic heterocycles. The predicted molar refractivity (Wildman–Crippen MR) is 95.6 cm³/mol. The minimum atomic E-state index is -0.483. The molecule has 0 spiro atoms. The van der Waals surface area contributed by atoms with Crippen LogP contribution in [0.25, 0.3) is 0 Å². The van der Waals surface area contributed by atoms with Crippen LogP contribution in [0.5, 0.6) is 0 Å². The lowest BCUT2D eigenvalue weighted by Gasteiger charge is -2.18. The maximum Gasteiger partial charge on any atom is 0.229 e. The second-order valence-electron chi connectivity index (χ2n) is 4.90. The Morgan fingerprint density at radius 2 is 2.00 bits per heavy atom. The van der Waals surface area contributed by atoms with Gasteiger partial charge in [0.15, 0.2) is 0 Å². The largest absolute Gasteiger partial charge is 0.382 e. The van der Waals surface area contributed by atoms with Gasteiger partial charge in [-0.15, -0.1) is 0 Å². The van der Waals surface area contributed by atoms with Crippen LogP contribution in [0.3, 0.4) is 0 Å². The van der Waals surface area contributed by atoms with E-state index >= 15 is 0 Å². The Balaban J connectivity index is 2.16. The van der Waals surface area contributed by atoms with Crippen molar-refractivity contribution < 1.29 is 13.9 Å². The van der Waals surface area contributed by atoms with Gasteiger partial charge in [-0.3, -0.25) is 0 Å². The molecule has 2 rings (SSSR count). The van der Waals surface area contributed by atoms with Crippen molar-refractivity contribution in [1.82, 2.24) is 9.97 Å². The summed E-state index contributed by atoms with van der Waals surface area (Å²) >= 11 is 9.17. The molecular formula is C15H17BrClFN4O2. The minimum absolute atomic E-state index is 0.0238. The molecule has 0 bridgehead atoms. The molecule has 24 heavy (non-hydrogen) atoms. The molecule has 0 radical (unpaired) electrons. The van der Waals surface area contributed by atoms with Gasteiger partial charge in [-0.2, -0.15) is 4.98 Å². The van der Waals surface area contributed by atoms with E-state index in [2.05, 4.69) is 36.5 Å². The Hall–Kier alpha value is -1.48. The summed E-state index contributed by atoms with van der Waals surface area (Å²) < 4.78 is 24.2. The summed E-state index contributed by atoms with van der Waals surface area (Å²) in [4.78, 5) is 8.57. The molecular weight excluding hydrogens is 403 g/mol. The molecule has 0 aliphatic rings. The first-order chi connectivity index (χ1) is 11.5. The number of hydrogen-bond donors (Lipinski definition) is 2. The van der Waals surface area contributed by atoms with Gasteiger partial charge >= 0.3 is 0 Å². The molecule has 2 aromatic rings. The molecule has 2 N–H and O–H groups in total. The van der Waals surface area contributed by atoms with Crippen LogP contribution in [-0.2, 0) is 9.47 Å². The number of nitrogens with zero attached hydrogens (tertiary/aromatic N) is 2. The van der Waals surface area contributed by atoms with E-state index in [9.17, 15) is 4.39 Å². The molecule has 1 heterocycles. The predicted octanol–water partition coefficient (Wildman–Crippen LogP) is 3.85. The third kappa shape index (κ3) is 5.27. The molecule has 0 aliphatic carbocycles. The highest BCUT2D eigenvalue weighted by molar-refractivity contribution is 9.10. The van der Waals surface area contributed by atoms with Crippen LogP contribution in [0, 0.1) is 5.82 Å². The van der Waals surface area contributed by atoms with Crippen molar-refractivity contribution in [3.63, 3.8) is 0 Å². The molecule has 0 amide bonds. The van der Waals surface area contributed by atoms with Crippen LogP contribution in [0.4, 0.5) is 21.8 Å². The maximum absolute atomic E-state index is 13.2. The molecule has 1 aromatic carbocycles. The molecule has 0 saturated heterocycles. The first-order valence-electron chi connectivity index (χ1n) is 7.02. The van der Waals surface area contributed by atoms with Crippen LogP contribution in [-0.4, -0.2) is 43.4 Å². The van der Waals surface area contributed by atoms with E-state index in [0.717, 1.165) is 0 Å². The molecule has 9 heteroatoms. The Labute approximate surface area is 152 Å². The number of halogens is 3. The third-order valence-corrected chi connectivity index (χ3v) is 3.87. The number of aromatic nitrogens is 2. The summed E-state index contributed by atoms with van der Waals surface area (Å²) in [5, 5.41) is 6.23. The van der Waals surface area contributed by atoms with E-state index in [0.29, 0.717) is 35.1 Å². The maximum atomic E-state index is 13.2. The van der Waals surface area contributed by atoms with Gasteiger partial charge in [0, 0.05) is 26.1 Å². The van der Waals surface area contributed by atoms with Crippen LogP contribution >= 0.6 is 27.5 Å². The average molecular weight is 420 g/mol. The van der Waals surface area contributed by atoms with E-state index in [1.807, 2.05) is 0 Å². The van der Waals surface area contributed by atoms with Gasteiger partial charge in [0.1, 0.15) is 11.6 Å². The first-order valence-corrected chi connectivity index (χ1v) is 8.19. The second kappa shape index (κ2) is 9.12. The average Bonchev–Trinajstić information content (AvgIpc) is 2.54. The number of hydrogen-bond acceptors (Lipinski definition) is 6. The lowest BCUT2D eigenvalue weighted by atomic mass is 10.3. The van der Waals surface area contributed by atoms with Crippen molar-refractivity contribution >= 4 is 45.0 Å². The zero-order valence-corrected chi connectivity index (χ0v) is 15.5. The van der Waals surface area contributed by atoms with Crippen molar-refractivity contribution in [3.05, 3.63) is 39.7 Å². The van der Waals surface area contributed by atoms with Gasteiger partial charge in [0.2, 0.25) is 5.95 Å². The molecule has 0 saturated carbocycles. The van der Waals surface area contributed by atoms with Crippen molar-refractivity contribution in [3.8, 4) is 0 Å². The number of anilines is 3. The van der Waals surface area contributed by atoms with Crippen LogP contribution in [0.15, 0.2) is 28.9 Å². The summed E-state index contributed by atoms with van der Waals surface area (Å²) in [7, 11) is 3.23. The van der Waals surface area contributed by atoms with E-state index < -0.39 is 5.82 Å². The van der Waals surface area contributed by atoms with E-state index in [1.165, 1.54) is 12.1 Å². The van der Waals surface area contributed by atoms with Gasteiger partial charge in [-0.1, -0.05) is 11.6 Å². The van der Waals surface area contributed by atoms with Crippen LogP contribution in [0.2, 0.25) is 5.02 Å². The van der Waals surface area contributed by atoms with Crippen LogP contribution in [0.1, 0.15) is 0 Å². The van der Waals surface area contributed by atoms with Gasteiger partial charge in [-0.25, -0.2) is 9.37 Å². The van der Waals surface area contributed by atoms with Crippen molar-refractivity contribution in [2.24, 2.45) is 0 Å². The normalized spacial score (nSPS) is 10.9. The number of ether oxygens (including phenoxy) is 2. The van der Waals surface area contributed by atoms with Crippen molar-refractivity contribution in [2.45, 2.75) is 6.04 Å². The zero-order chi connectivity index (χ0) is 17.5. The van der Waals surface area contributed by atoms with Gasteiger partial charge < -0.3 is 20.1 Å². The number of methoxy groups -OCH3 is 2. The van der Waals surface area contributed by atoms with Gasteiger partial charge in [-0.05, 0) is 34.1 Å². The third-order valence-electron chi connectivity index (χ3n) is 3.00. The molecule has 6 nitrogen and oxygen atoms in total. The molecule has 0 fully saturated rings. The molecule has 0 unspecified atom stereocenters. The summed E-state index contributed by atoms with van der Waals surface area (Å²) in [5.41, 5.74) is 0.583. The first kappa shape index (κ1) is 18.9. The number of rotatable bonds is 8. The van der Waals surface area contributed by atoms with E-state index in [4.69, 9.17) is 21.1 Å². The highest BCUT2D eigenvalue weighted by atomic mass is 79.9. The lowest BCUT2D eigenvalue weighted by molar-refractivity contribution is 0.126. The number of benzene rings is 1. The topological polar surface area (TPSA) is 68.3 Å². The zero-order valence-electron chi connectivity index (χ0n) is 13.1. The highest BCUT2D eigenvalue weighted by Gasteiger charge is 2.13. The fraction of sp³-hybridized carbons (Fsp3) is 0.333. The van der Waals surface area contributed by atoms with Gasteiger partial charge in [0.25, 0.3) is 0 Å². The summed E-state index contributed by atoms with van der Waals surface area (Å²) in [6.45, 7) is 0.918. The second-order valence-corrected chi connectivity index (χ2v) is 6.16. The Kier molecular flexibility index (Phi) is 7.16. The smallest absolute Gasteiger partial charge is 0.229 e. The lowest BCUT2D eigenvalue weighted by Crippen LogP contribution is -2.30. The Bertz CT molecular complexity index is 687. The fourth-order valence-electron chi connectivity index (χ4n) is 1.96. The molecule has 0 aliphatic heterocycles. The standard InChI is InChI=1S/C15H17BrClFN4O2/c1-23-7-10(8-24-2)20-14-11(16)6-19-15(22-14)21-9-3-4-13(18)12(17)5-9/h3-6,10H,7-8H2,1-2H3,(H2,19,20,21,22). The van der Waals surface area contributed by atoms with E-state index in [1.54, 1.807) is 26.5 Å². The van der Waals surface area contributed by atoms with Gasteiger partial charge in [0.05, 0.1) is 28.8 Å². The Morgan fingerprint density at radius 1 is 1.29 bits per heavy atom. The number of nitrogens with one attached hydrogen (secondary N) is 2. The summed E-state index contributed by atoms with van der Waals surface area (Å²) in [6, 6.07) is 4.22. The highest BCUT2D eigenvalue weighted by Crippen LogP contribution is 2.24. The minimum Gasteiger partial charge on any atom is -0.382 e. The van der Waals surface area contributed by atoms with E-state index in [-0.39, 0.29) is 11.1 Å². The molecule has 130 valence electrons. The Morgan fingerprint density at radius 3 is 2.62 bits per heavy atom. The SMILES string of the molecule is COCC(COC)Nc1nc(Nc2ccc(F)c(Cl)c2)ncc1Br. The van der Waals surface area contributed by atoms with Crippen LogP contribution < -0.4 is 10.6 Å². The monoisotopic (exact) mass is 418 g/mol.